The minimum absolute atomic E-state index is 0.166. The van der Waals surface area contributed by atoms with Crippen LogP contribution in [0.5, 0.6) is 0 Å². The highest BCUT2D eigenvalue weighted by atomic mass is 15.2. The van der Waals surface area contributed by atoms with E-state index >= 15 is 0 Å². The second-order valence-electron chi connectivity index (χ2n) is 6.99. The highest BCUT2D eigenvalue weighted by molar-refractivity contribution is 5.52. The largest absolute Gasteiger partial charge is 0.309 e. The lowest BCUT2D eigenvalue weighted by Crippen LogP contribution is -2.19. The van der Waals surface area contributed by atoms with Gasteiger partial charge < -0.3 is 4.90 Å². The van der Waals surface area contributed by atoms with Crippen LogP contribution in [0.2, 0.25) is 0 Å². The average Bonchev–Trinajstić information content (AvgIpc) is 3.23. The van der Waals surface area contributed by atoms with Crippen LogP contribution < -0.4 is 5.32 Å². The molecule has 2 aliphatic rings. The SMILES string of the molecule is CN(C)CCCC12NC1c1ccccc1Cc1ccccc12. The first-order chi connectivity index (χ1) is 10.7. The Balaban J connectivity index is 1.73. The molecule has 4 rings (SSSR count). The minimum Gasteiger partial charge on any atom is -0.309 e. The van der Waals surface area contributed by atoms with Gasteiger partial charge in [-0.15, -0.1) is 0 Å². The van der Waals surface area contributed by atoms with Crippen molar-refractivity contribution in [1.82, 2.24) is 10.2 Å². The molecule has 2 aromatic carbocycles. The first-order valence-corrected chi connectivity index (χ1v) is 8.29. The summed E-state index contributed by atoms with van der Waals surface area (Å²) in [5.41, 5.74) is 6.17. The number of hydrogen-bond acceptors (Lipinski definition) is 2. The van der Waals surface area contributed by atoms with Gasteiger partial charge >= 0.3 is 0 Å². The normalized spacial score (nSPS) is 25.1. The van der Waals surface area contributed by atoms with Gasteiger partial charge in [-0.3, -0.25) is 5.32 Å². The van der Waals surface area contributed by atoms with Gasteiger partial charge in [0.2, 0.25) is 0 Å². The fraction of sp³-hybridized carbons (Fsp3) is 0.400. The van der Waals surface area contributed by atoms with Crippen LogP contribution in [0.15, 0.2) is 48.5 Å². The third kappa shape index (κ3) is 2.18. The number of rotatable bonds is 4. The van der Waals surface area contributed by atoms with Crippen LogP contribution in [0.1, 0.15) is 41.1 Å². The second-order valence-corrected chi connectivity index (χ2v) is 6.99. The Morgan fingerprint density at radius 3 is 2.59 bits per heavy atom. The Kier molecular flexibility index (Phi) is 3.32. The molecule has 1 N–H and O–H groups in total. The predicted octanol–water partition coefficient (Wildman–Crippen LogP) is 3.47. The quantitative estimate of drug-likeness (QED) is 0.873. The maximum Gasteiger partial charge on any atom is 0.0641 e. The zero-order valence-electron chi connectivity index (χ0n) is 13.5. The van der Waals surface area contributed by atoms with E-state index in [4.69, 9.17) is 0 Å². The van der Waals surface area contributed by atoms with Gasteiger partial charge in [-0.1, -0.05) is 48.5 Å². The summed E-state index contributed by atoms with van der Waals surface area (Å²) in [5, 5.41) is 3.85. The fourth-order valence-electron chi connectivity index (χ4n) is 4.11. The van der Waals surface area contributed by atoms with Crippen molar-refractivity contribution in [2.24, 2.45) is 0 Å². The van der Waals surface area contributed by atoms with Crippen molar-refractivity contribution in [2.45, 2.75) is 30.8 Å². The van der Waals surface area contributed by atoms with Crippen molar-refractivity contribution in [3.05, 3.63) is 70.8 Å². The third-order valence-electron chi connectivity index (χ3n) is 5.23. The van der Waals surface area contributed by atoms with E-state index in [-0.39, 0.29) is 5.54 Å². The topological polar surface area (TPSA) is 25.2 Å². The van der Waals surface area contributed by atoms with E-state index in [0.717, 1.165) is 13.0 Å². The summed E-state index contributed by atoms with van der Waals surface area (Å²) in [5.74, 6) is 0. The highest BCUT2D eigenvalue weighted by Crippen LogP contribution is 2.55. The van der Waals surface area contributed by atoms with Crippen molar-refractivity contribution in [2.75, 3.05) is 20.6 Å². The monoisotopic (exact) mass is 292 g/mol. The molecule has 2 unspecified atom stereocenters. The van der Waals surface area contributed by atoms with Crippen LogP contribution in [-0.2, 0) is 12.0 Å². The number of fused-ring (bicyclic) bond motifs is 5. The van der Waals surface area contributed by atoms with E-state index in [9.17, 15) is 0 Å². The Labute approximate surface area is 133 Å². The Morgan fingerprint density at radius 1 is 1.05 bits per heavy atom. The maximum absolute atomic E-state index is 3.85. The molecule has 1 aliphatic carbocycles. The lowest BCUT2D eigenvalue weighted by Gasteiger charge is -2.19. The number of hydrogen-bond donors (Lipinski definition) is 1. The molecule has 0 aromatic heterocycles. The van der Waals surface area contributed by atoms with E-state index < -0.39 is 0 Å². The van der Waals surface area contributed by atoms with Gasteiger partial charge in [-0.25, -0.2) is 0 Å². The van der Waals surface area contributed by atoms with Crippen LogP contribution in [-0.4, -0.2) is 25.5 Å². The lowest BCUT2D eigenvalue weighted by molar-refractivity contribution is 0.378. The summed E-state index contributed by atoms with van der Waals surface area (Å²) >= 11 is 0. The molecule has 1 heterocycles. The molecule has 22 heavy (non-hydrogen) atoms. The van der Waals surface area contributed by atoms with Crippen LogP contribution in [0, 0.1) is 0 Å². The van der Waals surface area contributed by atoms with Crippen molar-refractivity contribution < 1.29 is 0 Å². The summed E-state index contributed by atoms with van der Waals surface area (Å²) in [7, 11) is 4.32. The molecule has 1 fully saturated rings. The predicted molar refractivity (Wildman–Crippen MR) is 91.0 cm³/mol. The highest BCUT2D eigenvalue weighted by Gasteiger charge is 2.57. The van der Waals surface area contributed by atoms with Gasteiger partial charge in [-0.2, -0.15) is 0 Å². The van der Waals surface area contributed by atoms with Gasteiger partial charge in [0.25, 0.3) is 0 Å². The van der Waals surface area contributed by atoms with Crippen LogP contribution in [0.25, 0.3) is 0 Å². The van der Waals surface area contributed by atoms with E-state index in [2.05, 4.69) is 72.8 Å². The molecule has 0 saturated carbocycles. The molecule has 2 aromatic rings. The smallest absolute Gasteiger partial charge is 0.0641 e. The number of nitrogens with one attached hydrogen (secondary N) is 1. The summed E-state index contributed by atoms with van der Waals surface area (Å²) in [6.07, 6.45) is 3.51. The van der Waals surface area contributed by atoms with Gasteiger partial charge in [-0.05, 0) is 62.2 Å². The molecule has 1 aliphatic heterocycles. The van der Waals surface area contributed by atoms with Crippen molar-refractivity contribution in [1.29, 1.82) is 0 Å². The number of nitrogens with zero attached hydrogens (tertiary/aromatic N) is 1. The molecule has 2 heteroatoms. The summed E-state index contributed by atoms with van der Waals surface area (Å²) in [6.45, 7) is 1.15. The van der Waals surface area contributed by atoms with Gasteiger partial charge in [0.05, 0.1) is 11.6 Å². The van der Waals surface area contributed by atoms with Crippen LogP contribution >= 0.6 is 0 Å². The molecule has 0 radical (unpaired) electrons. The molecular formula is C20H24N2. The average molecular weight is 292 g/mol. The lowest BCUT2D eigenvalue weighted by atomic mass is 9.87. The fourth-order valence-corrected chi connectivity index (χ4v) is 4.11. The molecule has 1 saturated heterocycles. The second kappa shape index (κ2) is 5.22. The van der Waals surface area contributed by atoms with Gasteiger partial charge in [0.1, 0.15) is 0 Å². The van der Waals surface area contributed by atoms with Crippen molar-refractivity contribution in [3.63, 3.8) is 0 Å². The number of benzene rings is 2. The van der Waals surface area contributed by atoms with Gasteiger partial charge in [0, 0.05) is 0 Å². The minimum atomic E-state index is 0.166. The summed E-state index contributed by atoms with van der Waals surface area (Å²) < 4.78 is 0. The molecule has 0 amide bonds. The van der Waals surface area contributed by atoms with E-state index in [0.29, 0.717) is 6.04 Å². The van der Waals surface area contributed by atoms with E-state index in [1.54, 1.807) is 0 Å². The van der Waals surface area contributed by atoms with E-state index in [1.807, 2.05) is 0 Å². The molecular weight excluding hydrogens is 268 g/mol. The first kappa shape index (κ1) is 14.0. The summed E-state index contributed by atoms with van der Waals surface area (Å²) in [6, 6.07) is 18.5. The first-order valence-electron chi connectivity index (χ1n) is 8.29. The van der Waals surface area contributed by atoms with Crippen molar-refractivity contribution in [3.8, 4) is 0 Å². The maximum atomic E-state index is 3.85. The van der Waals surface area contributed by atoms with Crippen molar-refractivity contribution >= 4 is 0 Å². The van der Waals surface area contributed by atoms with Gasteiger partial charge in [0.15, 0.2) is 0 Å². The zero-order valence-corrected chi connectivity index (χ0v) is 13.5. The zero-order chi connectivity index (χ0) is 15.2. The Bertz CT molecular complexity index is 692. The van der Waals surface area contributed by atoms with Crippen LogP contribution in [0.3, 0.4) is 0 Å². The Hall–Kier alpha value is -1.64. The molecule has 0 bridgehead atoms. The molecule has 2 nitrogen and oxygen atoms in total. The Morgan fingerprint density at radius 2 is 1.77 bits per heavy atom. The van der Waals surface area contributed by atoms with Crippen LogP contribution in [0.4, 0.5) is 0 Å². The summed E-state index contributed by atoms with van der Waals surface area (Å²) in [4.78, 5) is 2.28. The third-order valence-corrected chi connectivity index (χ3v) is 5.23. The molecule has 114 valence electrons. The van der Waals surface area contributed by atoms with E-state index in [1.165, 1.54) is 35.1 Å². The standard InChI is InChI=1S/C20H24N2/c1-22(2)13-7-12-20-18-11-6-4-9-16(18)14-15-8-3-5-10-17(15)19(20)21-20/h3-6,8-11,19,21H,7,12-14H2,1-2H3. The molecule has 2 atom stereocenters. The molecule has 0 spiro atoms.